The molecule has 0 radical (unpaired) electrons. The van der Waals surface area contributed by atoms with Crippen molar-refractivity contribution in [2.24, 2.45) is 0 Å². The van der Waals surface area contributed by atoms with Crippen molar-refractivity contribution in [3.05, 3.63) is 35.9 Å². The number of nitrogens with zero attached hydrogens (tertiary/aromatic N) is 2. The Bertz CT molecular complexity index is 470. The van der Waals surface area contributed by atoms with Crippen molar-refractivity contribution >= 4 is 11.8 Å². The Kier molecular flexibility index (Phi) is 5.75. The van der Waals surface area contributed by atoms with Gasteiger partial charge in [0.15, 0.2) is 0 Å². The molecular weight excluding hydrogens is 268 g/mol. The van der Waals surface area contributed by atoms with Crippen LogP contribution >= 0.6 is 0 Å². The van der Waals surface area contributed by atoms with Gasteiger partial charge in [0.25, 0.3) is 0 Å². The first-order valence-corrected chi connectivity index (χ1v) is 7.45. The second-order valence-corrected chi connectivity index (χ2v) is 5.29. The van der Waals surface area contributed by atoms with Gasteiger partial charge in [-0.2, -0.15) is 0 Å². The van der Waals surface area contributed by atoms with Gasteiger partial charge in [0.05, 0.1) is 6.61 Å². The predicted octanol–water partition coefficient (Wildman–Crippen LogP) is 1.02. The Hall–Kier alpha value is -1.88. The first-order chi connectivity index (χ1) is 10.2. The van der Waals surface area contributed by atoms with Crippen LogP contribution in [0.25, 0.3) is 0 Å². The highest BCUT2D eigenvalue weighted by Crippen LogP contribution is 2.11. The van der Waals surface area contributed by atoms with Crippen molar-refractivity contribution in [1.29, 1.82) is 0 Å². The largest absolute Gasteiger partial charge is 0.395 e. The number of benzene rings is 1. The second kappa shape index (κ2) is 7.78. The zero-order valence-corrected chi connectivity index (χ0v) is 12.2. The van der Waals surface area contributed by atoms with E-state index in [1.807, 2.05) is 30.3 Å². The molecule has 0 bridgehead atoms. The van der Waals surface area contributed by atoms with Gasteiger partial charge in [0.2, 0.25) is 0 Å². The van der Waals surface area contributed by atoms with Crippen LogP contribution in [0.4, 0.5) is 0 Å². The standard InChI is InChI=1S/C16H22N2O3/c19-12-11-18(13-14-7-3-1-4-8-14)16(21)15(20)17-9-5-2-6-10-17/h1,3-4,7-8,19H,2,5-6,9-13H2. The summed E-state index contributed by atoms with van der Waals surface area (Å²) < 4.78 is 0. The fourth-order valence-electron chi connectivity index (χ4n) is 2.54. The number of likely N-dealkylation sites (tertiary alicyclic amines) is 1. The Morgan fingerprint density at radius 3 is 2.38 bits per heavy atom. The summed E-state index contributed by atoms with van der Waals surface area (Å²) in [5.74, 6) is -0.964. The minimum Gasteiger partial charge on any atom is -0.395 e. The average molecular weight is 290 g/mol. The summed E-state index contributed by atoms with van der Waals surface area (Å²) in [5.41, 5.74) is 0.950. The van der Waals surface area contributed by atoms with Crippen molar-refractivity contribution in [3.63, 3.8) is 0 Å². The number of aliphatic hydroxyl groups excluding tert-OH is 1. The van der Waals surface area contributed by atoms with Gasteiger partial charge in [0, 0.05) is 26.2 Å². The second-order valence-electron chi connectivity index (χ2n) is 5.29. The van der Waals surface area contributed by atoms with Gasteiger partial charge in [0.1, 0.15) is 0 Å². The van der Waals surface area contributed by atoms with Crippen LogP contribution in [0.1, 0.15) is 24.8 Å². The molecule has 1 fully saturated rings. The lowest BCUT2D eigenvalue weighted by molar-refractivity contribution is -0.153. The normalized spacial score (nSPS) is 14.8. The maximum Gasteiger partial charge on any atom is 0.312 e. The SMILES string of the molecule is O=C(C(=O)N(CCO)Cc1ccccc1)N1CCCCC1. The number of carbonyl (C=O) groups excluding carboxylic acids is 2. The van der Waals surface area contributed by atoms with Gasteiger partial charge in [-0.1, -0.05) is 30.3 Å². The molecule has 1 aromatic rings. The van der Waals surface area contributed by atoms with E-state index in [0.717, 1.165) is 24.8 Å². The highest BCUT2D eigenvalue weighted by atomic mass is 16.3. The van der Waals surface area contributed by atoms with E-state index in [0.29, 0.717) is 19.6 Å². The van der Waals surface area contributed by atoms with E-state index in [1.165, 1.54) is 4.90 Å². The number of piperidine rings is 1. The minimum atomic E-state index is -0.519. The fraction of sp³-hybridized carbons (Fsp3) is 0.500. The molecule has 1 aliphatic rings. The van der Waals surface area contributed by atoms with Gasteiger partial charge in [-0.25, -0.2) is 0 Å². The summed E-state index contributed by atoms with van der Waals surface area (Å²) in [4.78, 5) is 27.7. The molecule has 5 heteroatoms. The van der Waals surface area contributed by atoms with Crippen molar-refractivity contribution in [2.45, 2.75) is 25.8 Å². The number of rotatable bonds is 4. The molecule has 1 N–H and O–H groups in total. The zero-order chi connectivity index (χ0) is 15.1. The zero-order valence-electron chi connectivity index (χ0n) is 12.2. The maximum atomic E-state index is 12.4. The molecule has 0 atom stereocenters. The van der Waals surface area contributed by atoms with E-state index >= 15 is 0 Å². The van der Waals surface area contributed by atoms with Crippen LogP contribution in [-0.4, -0.2) is 53.0 Å². The average Bonchev–Trinajstić information content (AvgIpc) is 2.55. The molecule has 0 aliphatic carbocycles. The molecular formula is C16H22N2O3. The highest BCUT2D eigenvalue weighted by molar-refractivity contribution is 6.34. The fourth-order valence-corrected chi connectivity index (χ4v) is 2.54. The quantitative estimate of drug-likeness (QED) is 0.842. The molecule has 0 unspecified atom stereocenters. The Morgan fingerprint density at radius 2 is 1.76 bits per heavy atom. The van der Waals surface area contributed by atoms with Crippen LogP contribution in [0.2, 0.25) is 0 Å². The Morgan fingerprint density at radius 1 is 1.10 bits per heavy atom. The molecule has 114 valence electrons. The monoisotopic (exact) mass is 290 g/mol. The minimum absolute atomic E-state index is 0.147. The molecule has 1 saturated heterocycles. The van der Waals surface area contributed by atoms with Crippen LogP contribution < -0.4 is 0 Å². The molecule has 0 spiro atoms. The van der Waals surface area contributed by atoms with Crippen molar-refractivity contribution in [2.75, 3.05) is 26.2 Å². The van der Waals surface area contributed by atoms with E-state index in [1.54, 1.807) is 4.90 Å². The van der Waals surface area contributed by atoms with Gasteiger partial charge < -0.3 is 14.9 Å². The van der Waals surface area contributed by atoms with Crippen LogP contribution in [0, 0.1) is 0 Å². The van der Waals surface area contributed by atoms with E-state index in [2.05, 4.69) is 0 Å². The van der Waals surface area contributed by atoms with E-state index in [4.69, 9.17) is 5.11 Å². The summed E-state index contributed by atoms with van der Waals surface area (Å²) in [6, 6.07) is 9.50. The molecule has 2 rings (SSSR count). The number of aliphatic hydroxyl groups is 1. The van der Waals surface area contributed by atoms with E-state index in [9.17, 15) is 9.59 Å². The van der Waals surface area contributed by atoms with Gasteiger partial charge in [-0.05, 0) is 24.8 Å². The van der Waals surface area contributed by atoms with Crippen LogP contribution in [-0.2, 0) is 16.1 Å². The third kappa shape index (κ3) is 4.29. The number of amides is 2. The molecule has 1 aromatic carbocycles. The summed E-state index contributed by atoms with van der Waals surface area (Å²) in [6.45, 7) is 1.69. The van der Waals surface area contributed by atoms with Crippen molar-refractivity contribution < 1.29 is 14.7 Å². The Labute approximate surface area is 125 Å². The number of carbonyl (C=O) groups is 2. The summed E-state index contributed by atoms with van der Waals surface area (Å²) >= 11 is 0. The summed E-state index contributed by atoms with van der Waals surface area (Å²) in [6.07, 6.45) is 3.03. The Balaban J connectivity index is 2.02. The lowest BCUT2D eigenvalue weighted by Crippen LogP contribution is -2.47. The lowest BCUT2D eigenvalue weighted by Gasteiger charge is -2.29. The topological polar surface area (TPSA) is 60.9 Å². The van der Waals surface area contributed by atoms with Crippen LogP contribution in [0.15, 0.2) is 30.3 Å². The van der Waals surface area contributed by atoms with E-state index < -0.39 is 11.8 Å². The van der Waals surface area contributed by atoms with Crippen molar-refractivity contribution in [3.8, 4) is 0 Å². The van der Waals surface area contributed by atoms with E-state index in [-0.39, 0.29) is 13.2 Å². The van der Waals surface area contributed by atoms with Crippen LogP contribution in [0.5, 0.6) is 0 Å². The first kappa shape index (κ1) is 15.5. The van der Waals surface area contributed by atoms with Gasteiger partial charge >= 0.3 is 11.8 Å². The molecule has 21 heavy (non-hydrogen) atoms. The molecule has 1 heterocycles. The number of hydrogen-bond acceptors (Lipinski definition) is 3. The molecule has 2 amide bonds. The molecule has 0 saturated carbocycles. The first-order valence-electron chi connectivity index (χ1n) is 7.45. The molecule has 5 nitrogen and oxygen atoms in total. The van der Waals surface area contributed by atoms with Crippen LogP contribution in [0.3, 0.4) is 0 Å². The number of hydrogen-bond donors (Lipinski definition) is 1. The molecule has 0 aromatic heterocycles. The van der Waals surface area contributed by atoms with Gasteiger partial charge in [-0.3, -0.25) is 9.59 Å². The summed E-state index contributed by atoms with van der Waals surface area (Å²) in [5, 5.41) is 9.14. The van der Waals surface area contributed by atoms with Gasteiger partial charge in [-0.15, -0.1) is 0 Å². The lowest BCUT2D eigenvalue weighted by atomic mass is 10.1. The van der Waals surface area contributed by atoms with Crippen molar-refractivity contribution in [1.82, 2.24) is 9.80 Å². The third-order valence-electron chi connectivity index (χ3n) is 3.70. The molecule has 1 aliphatic heterocycles. The summed E-state index contributed by atoms with van der Waals surface area (Å²) in [7, 11) is 0. The smallest absolute Gasteiger partial charge is 0.312 e. The third-order valence-corrected chi connectivity index (χ3v) is 3.70. The predicted molar refractivity (Wildman–Crippen MR) is 79.4 cm³/mol. The highest BCUT2D eigenvalue weighted by Gasteiger charge is 2.27. The maximum absolute atomic E-state index is 12.4.